The summed E-state index contributed by atoms with van der Waals surface area (Å²) in [6.45, 7) is 1.89. The van der Waals surface area contributed by atoms with Crippen molar-refractivity contribution in [2.75, 3.05) is 11.1 Å². The Bertz CT molecular complexity index is 646. The molecule has 0 radical (unpaired) electrons. The number of benzene rings is 1. The van der Waals surface area contributed by atoms with E-state index in [4.69, 9.17) is 17.3 Å². The van der Waals surface area contributed by atoms with Crippen molar-refractivity contribution in [3.05, 3.63) is 51.1 Å². The second kappa shape index (κ2) is 5.59. The molecule has 2 rings (SSSR count). The van der Waals surface area contributed by atoms with E-state index < -0.39 is 0 Å². The van der Waals surface area contributed by atoms with Gasteiger partial charge in [-0.2, -0.15) is 0 Å². The predicted octanol–water partition coefficient (Wildman–Crippen LogP) is 3.64. The quantitative estimate of drug-likeness (QED) is 0.877. The minimum atomic E-state index is -0.340. The molecule has 0 aliphatic carbocycles. The van der Waals surface area contributed by atoms with E-state index in [0.29, 0.717) is 16.5 Å². The van der Waals surface area contributed by atoms with Gasteiger partial charge in [0, 0.05) is 9.50 Å². The van der Waals surface area contributed by atoms with Crippen LogP contribution >= 0.6 is 27.5 Å². The lowest BCUT2D eigenvalue weighted by atomic mass is 10.2. The first-order valence-electron chi connectivity index (χ1n) is 5.47. The molecule has 6 heteroatoms. The minimum Gasteiger partial charge on any atom is -0.384 e. The zero-order valence-electron chi connectivity index (χ0n) is 10.1. The summed E-state index contributed by atoms with van der Waals surface area (Å²) in [6.07, 6.45) is 0. The van der Waals surface area contributed by atoms with Crippen molar-refractivity contribution in [1.82, 2.24) is 4.98 Å². The first kappa shape index (κ1) is 13.8. The Morgan fingerprint density at radius 2 is 2.16 bits per heavy atom. The summed E-state index contributed by atoms with van der Waals surface area (Å²) in [5.74, 6) is -0.0402. The van der Waals surface area contributed by atoms with Gasteiger partial charge < -0.3 is 11.1 Å². The highest BCUT2D eigenvalue weighted by molar-refractivity contribution is 9.10. The Morgan fingerprint density at radius 1 is 1.42 bits per heavy atom. The normalized spacial score (nSPS) is 10.3. The molecule has 2 aromatic rings. The van der Waals surface area contributed by atoms with Crippen LogP contribution in [0.15, 0.2) is 34.8 Å². The van der Waals surface area contributed by atoms with Crippen molar-refractivity contribution in [2.45, 2.75) is 6.92 Å². The molecule has 19 heavy (non-hydrogen) atoms. The van der Waals surface area contributed by atoms with Crippen LogP contribution in [0.1, 0.15) is 16.1 Å². The third kappa shape index (κ3) is 3.24. The number of nitrogen functional groups attached to an aromatic ring is 1. The Balaban J connectivity index is 2.27. The highest BCUT2D eigenvalue weighted by atomic mass is 79.9. The lowest BCUT2D eigenvalue weighted by Gasteiger charge is -2.09. The molecule has 0 saturated heterocycles. The standard InChI is InChI=1S/C13H11BrClN3O/c1-7-5-8(14)11(6-9(7)15)18-13(19)10-3-2-4-12(16)17-10/h2-6H,1H3,(H2,16,17)(H,18,19). The number of aromatic nitrogens is 1. The molecule has 0 saturated carbocycles. The molecule has 0 fully saturated rings. The number of hydrogen-bond acceptors (Lipinski definition) is 3. The van der Waals surface area contributed by atoms with Crippen LogP contribution in [0.25, 0.3) is 0 Å². The average Bonchev–Trinajstić information content (AvgIpc) is 2.36. The monoisotopic (exact) mass is 339 g/mol. The Labute approximate surface area is 124 Å². The number of amides is 1. The van der Waals surface area contributed by atoms with Gasteiger partial charge in [-0.3, -0.25) is 4.79 Å². The molecule has 1 amide bonds. The van der Waals surface area contributed by atoms with Gasteiger partial charge in [-0.1, -0.05) is 17.7 Å². The zero-order valence-corrected chi connectivity index (χ0v) is 12.4. The minimum absolute atomic E-state index is 0.253. The average molecular weight is 341 g/mol. The molecule has 0 unspecified atom stereocenters. The molecule has 1 heterocycles. The maximum Gasteiger partial charge on any atom is 0.274 e. The van der Waals surface area contributed by atoms with E-state index >= 15 is 0 Å². The maximum atomic E-state index is 12.0. The fourth-order valence-electron chi connectivity index (χ4n) is 1.51. The van der Waals surface area contributed by atoms with E-state index in [0.717, 1.165) is 10.0 Å². The van der Waals surface area contributed by atoms with E-state index in [2.05, 4.69) is 26.2 Å². The molecule has 0 spiro atoms. The molecule has 4 nitrogen and oxygen atoms in total. The summed E-state index contributed by atoms with van der Waals surface area (Å²) in [7, 11) is 0. The van der Waals surface area contributed by atoms with Crippen LogP contribution in [0.4, 0.5) is 11.5 Å². The van der Waals surface area contributed by atoms with Crippen LogP contribution < -0.4 is 11.1 Å². The Morgan fingerprint density at radius 3 is 2.84 bits per heavy atom. The second-order valence-corrected chi connectivity index (χ2v) is 5.24. The number of nitrogens with one attached hydrogen (secondary N) is 1. The number of carbonyl (C=O) groups is 1. The van der Waals surface area contributed by atoms with Crippen molar-refractivity contribution in [1.29, 1.82) is 0 Å². The summed E-state index contributed by atoms with van der Waals surface area (Å²) >= 11 is 9.41. The van der Waals surface area contributed by atoms with Crippen molar-refractivity contribution in [3.63, 3.8) is 0 Å². The van der Waals surface area contributed by atoms with Gasteiger partial charge in [0.25, 0.3) is 5.91 Å². The van der Waals surface area contributed by atoms with Crippen molar-refractivity contribution in [2.24, 2.45) is 0 Å². The largest absolute Gasteiger partial charge is 0.384 e. The van der Waals surface area contributed by atoms with Crippen molar-refractivity contribution >= 4 is 44.9 Å². The number of hydrogen-bond donors (Lipinski definition) is 2. The van der Waals surface area contributed by atoms with E-state index in [1.54, 1.807) is 24.3 Å². The number of nitrogens with zero attached hydrogens (tertiary/aromatic N) is 1. The number of pyridine rings is 1. The molecule has 0 atom stereocenters. The summed E-state index contributed by atoms with van der Waals surface area (Å²) in [6, 6.07) is 8.41. The Hall–Kier alpha value is -1.59. The van der Waals surface area contributed by atoms with Gasteiger partial charge in [0.2, 0.25) is 0 Å². The number of rotatable bonds is 2. The van der Waals surface area contributed by atoms with Crippen LogP contribution in [0.3, 0.4) is 0 Å². The van der Waals surface area contributed by atoms with Gasteiger partial charge in [0.05, 0.1) is 5.69 Å². The fraction of sp³-hybridized carbons (Fsp3) is 0.0769. The molecule has 98 valence electrons. The molecule has 0 aliphatic heterocycles. The van der Waals surface area contributed by atoms with E-state index in [1.165, 1.54) is 0 Å². The molecular weight excluding hydrogens is 330 g/mol. The van der Waals surface area contributed by atoms with E-state index in [-0.39, 0.29) is 11.6 Å². The molecule has 3 N–H and O–H groups in total. The smallest absolute Gasteiger partial charge is 0.274 e. The molecule has 1 aromatic heterocycles. The Kier molecular flexibility index (Phi) is 4.07. The summed E-state index contributed by atoms with van der Waals surface area (Å²) < 4.78 is 0.756. The highest BCUT2D eigenvalue weighted by Crippen LogP contribution is 2.29. The maximum absolute atomic E-state index is 12.0. The molecule has 0 bridgehead atoms. The number of carbonyl (C=O) groups excluding carboxylic acids is 1. The lowest BCUT2D eigenvalue weighted by molar-refractivity contribution is 0.102. The first-order chi connectivity index (χ1) is 8.97. The van der Waals surface area contributed by atoms with Crippen LogP contribution in [0.2, 0.25) is 5.02 Å². The van der Waals surface area contributed by atoms with E-state index in [9.17, 15) is 4.79 Å². The van der Waals surface area contributed by atoms with Crippen LogP contribution in [0, 0.1) is 6.92 Å². The van der Waals surface area contributed by atoms with Crippen molar-refractivity contribution in [3.8, 4) is 0 Å². The fourth-order valence-corrected chi connectivity index (χ4v) is 2.23. The van der Waals surface area contributed by atoms with Gasteiger partial charge in [0.15, 0.2) is 0 Å². The topological polar surface area (TPSA) is 68.0 Å². The zero-order chi connectivity index (χ0) is 14.0. The molecule has 0 aliphatic rings. The summed E-state index contributed by atoms with van der Waals surface area (Å²) in [5, 5.41) is 3.32. The molecular formula is C13H11BrClN3O. The second-order valence-electron chi connectivity index (χ2n) is 3.98. The van der Waals surface area contributed by atoms with Crippen LogP contribution in [-0.2, 0) is 0 Å². The lowest BCUT2D eigenvalue weighted by Crippen LogP contribution is -2.14. The van der Waals surface area contributed by atoms with Gasteiger partial charge in [-0.25, -0.2) is 4.98 Å². The third-order valence-corrected chi connectivity index (χ3v) is 3.56. The molecule has 1 aromatic carbocycles. The number of aryl methyl sites for hydroxylation is 1. The summed E-state index contributed by atoms with van der Waals surface area (Å²) in [5.41, 5.74) is 7.31. The van der Waals surface area contributed by atoms with Crippen molar-refractivity contribution < 1.29 is 4.79 Å². The van der Waals surface area contributed by atoms with Gasteiger partial charge >= 0.3 is 0 Å². The number of halogens is 2. The van der Waals surface area contributed by atoms with Crippen LogP contribution in [0.5, 0.6) is 0 Å². The third-order valence-electron chi connectivity index (χ3n) is 2.50. The summed E-state index contributed by atoms with van der Waals surface area (Å²) in [4.78, 5) is 16.0. The van der Waals surface area contributed by atoms with E-state index in [1.807, 2.05) is 13.0 Å². The number of nitrogens with two attached hydrogens (primary N) is 1. The SMILES string of the molecule is Cc1cc(Br)c(NC(=O)c2cccc(N)n2)cc1Cl. The van der Waals surface area contributed by atoms with Gasteiger partial charge in [0.1, 0.15) is 11.5 Å². The van der Waals surface area contributed by atoms with Gasteiger partial charge in [-0.15, -0.1) is 0 Å². The number of anilines is 2. The highest BCUT2D eigenvalue weighted by Gasteiger charge is 2.11. The first-order valence-corrected chi connectivity index (χ1v) is 6.64. The predicted molar refractivity (Wildman–Crippen MR) is 80.5 cm³/mol. The van der Waals surface area contributed by atoms with Gasteiger partial charge in [-0.05, 0) is 52.7 Å². The van der Waals surface area contributed by atoms with Crippen LogP contribution in [-0.4, -0.2) is 10.9 Å².